The molecule has 7 nitrogen and oxygen atoms in total. The van der Waals surface area contributed by atoms with E-state index in [0.29, 0.717) is 22.2 Å². The predicted molar refractivity (Wildman–Crippen MR) is 77.6 cm³/mol. The maximum Gasteiger partial charge on any atom is 0.295 e. The number of benzene rings is 1. The molecule has 0 aliphatic heterocycles. The number of rotatable bonds is 3. The molecule has 8 heteroatoms. The van der Waals surface area contributed by atoms with E-state index in [4.69, 9.17) is 11.6 Å². The lowest BCUT2D eigenvalue weighted by Crippen LogP contribution is -2.13. The highest BCUT2D eigenvalue weighted by Gasteiger charge is 2.16. The Morgan fingerprint density at radius 2 is 2.19 bits per heavy atom. The van der Waals surface area contributed by atoms with Crippen molar-refractivity contribution in [1.82, 2.24) is 25.0 Å². The van der Waals surface area contributed by atoms with Crippen LogP contribution in [0.15, 0.2) is 36.7 Å². The van der Waals surface area contributed by atoms with Crippen LogP contribution in [0.25, 0.3) is 5.69 Å². The molecule has 3 rings (SSSR count). The minimum atomic E-state index is -0.412. The van der Waals surface area contributed by atoms with E-state index in [1.165, 1.54) is 10.9 Å². The van der Waals surface area contributed by atoms with Crippen molar-refractivity contribution < 1.29 is 4.79 Å². The third kappa shape index (κ3) is 2.63. The van der Waals surface area contributed by atoms with Crippen LogP contribution in [0.2, 0.25) is 5.02 Å². The van der Waals surface area contributed by atoms with E-state index in [1.54, 1.807) is 19.2 Å². The number of hydrogen-bond acceptors (Lipinski definition) is 4. The summed E-state index contributed by atoms with van der Waals surface area (Å²) in [7, 11) is 0. The Bertz CT molecular complexity index is 780. The molecule has 0 radical (unpaired) electrons. The van der Waals surface area contributed by atoms with E-state index in [2.05, 4.69) is 25.6 Å². The van der Waals surface area contributed by atoms with Gasteiger partial charge < -0.3 is 5.32 Å². The Morgan fingerprint density at radius 3 is 2.90 bits per heavy atom. The summed E-state index contributed by atoms with van der Waals surface area (Å²) in [5, 5.41) is 13.7. The first kappa shape index (κ1) is 13.3. The zero-order valence-electron chi connectivity index (χ0n) is 11.0. The van der Waals surface area contributed by atoms with Crippen LogP contribution < -0.4 is 5.32 Å². The predicted octanol–water partition coefficient (Wildman–Crippen LogP) is 2.20. The van der Waals surface area contributed by atoms with E-state index >= 15 is 0 Å². The van der Waals surface area contributed by atoms with Crippen LogP contribution >= 0.6 is 11.6 Å². The number of hydrogen-bond donors (Lipinski definition) is 2. The summed E-state index contributed by atoms with van der Waals surface area (Å²) in [6.07, 6.45) is 3.06. The van der Waals surface area contributed by atoms with Crippen molar-refractivity contribution in [2.75, 3.05) is 5.32 Å². The Morgan fingerprint density at radius 1 is 1.38 bits per heavy atom. The number of amides is 1. The zero-order valence-corrected chi connectivity index (χ0v) is 11.8. The molecule has 1 amide bonds. The molecule has 2 heterocycles. The van der Waals surface area contributed by atoms with Gasteiger partial charge in [0.1, 0.15) is 5.82 Å². The largest absolute Gasteiger partial charge is 0.316 e. The summed E-state index contributed by atoms with van der Waals surface area (Å²) in [5.74, 6) is 0.222. The second kappa shape index (κ2) is 5.37. The van der Waals surface area contributed by atoms with Crippen LogP contribution in [0.4, 0.5) is 5.69 Å². The minimum Gasteiger partial charge on any atom is -0.316 e. The maximum absolute atomic E-state index is 12.1. The molecule has 0 saturated carbocycles. The van der Waals surface area contributed by atoms with Gasteiger partial charge in [0, 0.05) is 6.20 Å². The maximum atomic E-state index is 12.1. The van der Waals surface area contributed by atoms with Crippen molar-refractivity contribution in [3.63, 3.8) is 0 Å². The molecule has 106 valence electrons. The third-order valence-electron chi connectivity index (χ3n) is 2.81. The standard InChI is InChI=1S/C13H11ClN6O/c1-8-17-12(13(21)18-9-6-15-16-7-9)19-20(8)11-5-3-2-4-10(11)14/h2-7H,1H3,(H,15,16)(H,18,21). The summed E-state index contributed by atoms with van der Waals surface area (Å²) < 4.78 is 1.53. The quantitative estimate of drug-likeness (QED) is 0.776. The number of anilines is 1. The van der Waals surface area contributed by atoms with E-state index < -0.39 is 5.91 Å². The average Bonchev–Trinajstić information content (AvgIpc) is 3.09. The monoisotopic (exact) mass is 302 g/mol. The van der Waals surface area contributed by atoms with Gasteiger partial charge in [-0.05, 0) is 19.1 Å². The smallest absolute Gasteiger partial charge is 0.295 e. The molecule has 0 aliphatic rings. The van der Waals surface area contributed by atoms with Gasteiger partial charge in [-0.1, -0.05) is 23.7 Å². The van der Waals surface area contributed by atoms with Crippen LogP contribution in [0, 0.1) is 6.92 Å². The number of aryl methyl sites for hydroxylation is 1. The van der Waals surface area contributed by atoms with Gasteiger partial charge >= 0.3 is 0 Å². The number of halogens is 1. The molecule has 0 atom stereocenters. The topological polar surface area (TPSA) is 88.5 Å². The Kier molecular flexibility index (Phi) is 3.41. The van der Waals surface area contributed by atoms with Crippen LogP contribution in [0.5, 0.6) is 0 Å². The summed E-state index contributed by atoms with van der Waals surface area (Å²) in [4.78, 5) is 16.2. The molecule has 1 aromatic carbocycles. The van der Waals surface area contributed by atoms with Gasteiger partial charge in [0.25, 0.3) is 5.91 Å². The van der Waals surface area contributed by atoms with Crippen LogP contribution in [-0.4, -0.2) is 30.9 Å². The molecular weight excluding hydrogens is 292 g/mol. The van der Waals surface area contributed by atoms with Gasteiger partial charge in [-0.3, -0.25) is 9.89 Å². The van der Waals surface area contributed by atoms with Crippen LogP contribution in [0.1, 0.15) is 16.4 Å². The lowest BCUT2D eigenvalue weighted by Gasteiger charge is -2.04. The van der Waals surface area contributed by atoms with Gasteiger partial charge in [-0.15, -0.1) is 5.10 Å². The molecule has 0 saturated heterocycles. The first-order valence-corrected chi connectivity index (χ1v) is 6.51. The van der Waals surface area contributed by atoms with Gasteiger partial charge in [0.15, 0.2) is 0 Å². The van der Waals surface area contributed by atoms with Crippen LogP contribution in [-0.2, 0) is 0 Å². The highest BCUT2D eigenvalue weighted by Crippen LogP contribution is 2.20. The number of aromatic amines is 1. The molecule has 0 spiro atoms. The first-order chi connectivity index (χ1) is 10.1. The molecule has 2 N–H and O–H groups in total. The summed E-state index contributed by atoms with van der Waals surface area (Å²) >= 11 is 6.13. The zero-order chi connectivity index (χ0) is 14.8. The van der Waals surface area contributed by atoms with Gasteiger partial charge in [-0.25, -0.2) is 9.67 Å². The molecule has 0 fully saturated rings. The molecule has 0 bridgehead atoms. The van der Waals surface area contributed by atoms with E-state index in [-0.39, 0.29) is 5.82 Å². The molecule has 2 aromatic heterocycles. The average molecular weight is 303 g/mol. The summed E-state index contributed by atoms with van der Waals surface area (Å²) in [5.41, 5.74) is 1.22. The fraction of sp³-hybridized carbons (Fsp3) is 0.0769. The van der Waals surface area contributed by atoms with Crippen molar-refractivity contribution in [3.05, 3.63) is 53.3 Å². The molecule has 0 unspecified atom stereocenters. The summed E-state index contributed by atoms with van der Waals surface area (Å²) in [6, 6.07) is 7.23. The minimum absolute atomic E-state index is 0.0635. The van der Waals surface area contributed by atoms with E-state index in [9.17, 15) is 4.79 Å². The normalized spacial score (nSPS) is 10.6. The van der Waals surface area contributed by atoms with Gasteiger partial charge in [-0.2, -0.15) is 5.10 Å². The van der Waals surface area contributed by atoms with E-state index in [1.807, 2.05) is 18.2 Å². The number of para-hydroxylation sites is 1. The van der Waals surface area contributed by atoms with Crippen molar-refractivity contribution in [3.8, 4) is 5.69 Å². The van der Waals surface area contributed by atoms with Crippen molar-refractivity contribution in [2.24, 2.45) is 0 Å². The van der Waals surface area contributed by atoms with Crippen molar-refractivity contribution in [2.45, 2.75) is 6.92 Å². The SMILES string of the molecule is Cc1nc(C(=O)Nc2cn[nH]c2)nn1-c1ccccc1Cl. The fourth-order valence-electron chi connectivity index (χ4n) is 1.84. The Balaban J connectivity index is 1.91. The molecule has 3 aromatic rings. The van der Waals surface area contributed by atoms with Gasteiger partial charge in [0.05, 0.1) is 22.6 Å². The van der Waals surface area contributed by atoms with Gasteiger partial charge in [0.2, 0.25) is 5.82 Å². The van der Waals surface area contributed by atoms with Crippen molar-refractivity contribution in [1.29, 1.82) is 0 Å². The van der Waals surface area contributed by atoms with Crippen molar-refractivity contribution >= 4 is 23.2 Å². The highest BCUT2D eigenvalue weighted by molar-refractivity contribution is 6.32. The Labute approximate surface area is 125 Å². The second-order valence-electron chi connectivity index (χ2n) is 4.29. The number of nitrogens with one attached hydrogen (secondary N) is 2. The fourth-order valence-corrected chi connectivity index (χ4v) is 2.06. The lowest BCUT2D eigenvalue weighted by molar-refractivity contribution is 0.101. The Hall–Kier alpha value is -2.67. The second-order valence-corrected chi connectivity index (χ2v) is 4.69. The number of carbonyl (C=O) groups excluding carboxylic acids is 1. The highest BCUT2D eigenvalue weighted by atomic mass is 35.5. The first-order valence-electron chi connectivity index (χ1n) is 6.14. The van der Waals surface area contributed by atoms with Crippen LogP contribution in [0.3, 0.4) is 0 Å². The number of H-pyrrole nitrogens is 1. The lowest BCUT2D eigenvalue weighted by atomic mass is 10.3. The molecular formula is C13H11ClN6O. The molecule has 21 heavy (non-hydrogen) atoms. The van der Waals surface area contributed by atoms with E-state index in [0.717, 1.165) is 0 Å². The third-order valence-corrected chi connectivity index (χ3v) is 3.13. The molecule has 0 aliphatic carbocycles. The number of carbonyl (C=O) groups is 1. The summed E-state index contributed by atoms with van der Waals surface area (Å²) in [6.45, 7) is 1.75. The number of aromatic nitrogens is 5. The number of nitrogens with zero attached hydrogens (tertiary/aromatic N) is 4.